The molecule has 2 aromatic carbocycles. The molecule has 0 N–H and O–H groups in total. The van der Waals surface area contributed by atoms with E-state index in [9.17, 15) is 9.59 Å². The molecular weight excluding hydrogens is 498 g/mol. The highest BCUT2D eigenvalue weighted by molar-refractivity contribution is 6.15. The molecule has 0 saturated heterocycles. The van der Waals surface area contributed by atoms with Crippen molar-refractivity contribution in [3.63, 3.8) is 0 Å². The molecule has 204 valence electrons. The van der Waals surface area contributed by atoms with E-state index < -0.39 is 0 Å². The van der Waals surface area contributed by atoms with Crippen LogP contribution in [0.4, 0.5) is 0 Å². The van der Waals surface area contributed by atoms with Gasteiger partial charge in [-0.15, -0.1) is 0 Å². The van der Waals surface area contributed by atoms with Crippen LogP contribution in [0.25, 0.3) is 32.6 Å². The molecule has 1 unspecified atom stereocenters. The minimum Gasteiger partial charge on any atom is -0.493 e. The first-order chi connectivity index (χ1) is 18.9. The average Bonchev–Trinajstić information content (AvgIpc) is 3.63. The lowest BCUT2D eigenvalue weighted by atomic mass is 9.93. The number of benzene rings is 2. The Hall–Kier alpha value is -3.85. The zero-order valence-corrected chi connectivity index (χ0v) is 22.8. The van der Waals surface area contributed by atoms with E-state index >= 15 is 0 Å². The summed E-state index contributed by atoms with van der Waals surface area (Å²) in [5, 5.41) is 2.73. The lowest BCUT2D eigenvalue weighted by Gasteiger charge is -2.20. The van der Waals surface area contributed by atoms with Crippen LogP contribution in [-0.4, -0.2) is 55.0 Å². The Bertz CT molecular complexity index is 1650. The Kier molecular flexibility index (Phi) is 6.54. The third-order valence-corrected chi connectivity index (χ3v) is 8.13. The molecule has 3 heterocycles. The topological polar surface area (TPSA) is 92.1 Å². The minimum absolute atomic E-state index is 0.151. The van der Waals surface area contributed by atoms with Gasteiger partial charge in [-0.25, -0.2) is 0 Å². The monoisotopic (exact) mass is 531 g/mol. The largest absolute Gasteiger partial charge is 0.493 e. The molecule has 2 aromatic heterocycles. The molecule has 1 aliphatic heterocycles. The summed E-state index contributed by atoms with van der Waals surface area (Å²) >= 11 is 0. The van der Waals surface area contributed by atoms with E-state index in [1.54, 1.807) is 22.9 Å². The van der Waals surface area contributed by atoms with Gasteiger partial charge in [0.05, 0.1) is 29.4 Å². The summed E-state index contributed by atoms with van der Waals surface area (Å²) in [4.78, 5) is 33.9. The van der Waals surface area contributed by atoms with E-state index in [-0.39, 0.29) is 30.0 Å². The molecule has 1 aliphatic carbocycles. The third-order valence-electron chi connectivity index (χ3n) is 8.13. The Labute approximate surface area is 226 Å². The second-order valence-electron chi connectivity index (χ2n) is 10.8. The molecule has 39 heavy (non-hydrogen) atoms. The van der Waals surface area contributed by atoms with Crippen LogP contribution in [0.15, 0.2) is 35.3 Å². The zero-order chi connectivity index (χ0) is 27.3. The number of likely N-dealkylation sites (N-methyl/N-ethyl adjacent to an activating group) is 1. The molecule has 4 aromatic rings. The Morgan fingerprint density at radius 3 is 2.49 bits per heavy atom. The van der Waals surface area contributed by atoms with E-state index in [0.29, 0.717) is 52.5 Å². The highest BCUT2D eigenvalue weighted by Crippen LogP contribution is 2.41. The summed E-state index contributed by atoms with van der Waals surface area (Å²) < 4.78 is 24.5. The molecule has 9 heteroatoms. The van der Waals surface area contributed by atoms with Crippen LogP contribution in [0.5, 0.6) is 23.0 Å². The van der Waals surface area contributed by atoms with Crippen LogP contribution >= 0.6 is 0 Å². The molecule has 0 amide bonds. The highest BCUT2D eigenvalue weighted by Gasteiger charge is 2.29. The van der Waals surface area contributed by atoms with Gasteiger partial charge in [0.25, 0.3) is 5.56 Å². The zero-order valence-electron chi connectivity index (χ0n) is 22.8. The number of aromatic nitrogens is 2. The van der Waals surface area contributed by atoms with Gasteiger partial charge in [0.2, 0.25) is 6.79 Å². The molecule has 9 nitrogen and oxygen atoms in total. The maximum absolute atomic E-state index is 14.1. The van der Waals surface area contributed by atoms with Crippen LogP contribution in [0.3, 0.4) is 0 Å². The number of methoxy groups -OCH3 is 1. The number of esters is 1. The molecule has 2 aliphatic rings. The quantitative estimate of drug-likeness (QED) is 0.192. The van der Waals surface area contributed by atoms with Gasteiger partial charge in [-0.2, -0.15) is 0 Å². The standard InChI is InChI=1S/C30H33N3O6/c1-17(18-7-5-6-8-18)30(35)39-27-12-20-19(11-24(27)36-4)22-15-31-23-14-26-25(37-16-38-26)13-21(23)28(22)33(29(20)34)10-9-32(2)3/h11-15,17-18H,5-10,16H2,1-4H3. The van der Waals surface area contributed by atoms with Crippen molar-refractivity contribution in [2.24, 2.45) is 11.8 Å². The van der Waals surface area contributed by atoms with Gasteiger partial charge in [0, 0.05) is 41.5 Å². The SMILES string of the molecule is COc1cc2c(cc1OC(=O)C(C)C1CCCC1)c(=O)n(CCN(C)C)c1c3cc4c(cc3ncc21)OCO4. The van der Waals surface area contributed by atoms with Crippen molar-refractivity contribution in [3.8, 4) is 23.0 Å². The van der Waals surface area contributed by atoms with Gasteiger partial charge >= 0.3 is 5.97 Å². The molecule has 6 rings (SSSR count). The van der Waals surface area contributed by atoms with Crippen LogP contribution in [0.1, 0.15) is 32.6 Å². The predicted molar refractivity (Wildman–Crippen MR) is 149 cm³/mol. The van der Waals surface area contributed by atoms with Gasteiger partial charge in [-0.1, -0.05) is 19.8 Å². The number of rotatable bonds is 7. The number of pyridine rings is 2. The van der Waals surface area contributed by atoms with Crippen molar-refractivity contribution in [1.82, 2.24) is 14.5 Å². The number of carbonyl (C=O) groups excluding carboxylic acids is 1. The Morgan fingerprint density at radius 1 is 1.05 bits per heavy atom. The molecule has 1 saturated carbocycles. The first kappa shape index (κ1) is 25.4. The average molecular weight is 532 g/mol. The minimum atomic E-state index is -0.294. The first-order valence-corrected chi connectivity index (χ1v) is 13.5. The number of carbonyl (C=O) groups is 1. The molecule has 0 bridgehead atoms. The van der Waals surface area contributed by atoms with Crippen molar-refractivity contribution in [2.45, 2.75) is 39.2 Å². The summed E-state index contributed by atoms with van der Waals surface area (Å²) in [6.07, 6.45) is 6.14. The van der Waals surface area contributed by atoms with Gasteiger partial charge in [-0.3, -0.25) is 14.6 Å². The molecule has 1 atom stereocenters. The van der Waals surface area contributed by atoms with E-state index in [4.69, 9.17) is 23.9 Å². The van der Waals surface area contributed by atoms with Crippen LogP contribution < -0.4 is 24.5 Å². The normalized spacial score (nSPS) is 16.0. The summed E-state index contributed by atoms with van der Waals surface area (Å²) in [6.45, 7) is 3.20. The fraction of sp³-hybridized carbons (Fsp3) is 0.433. The van der Waals surface area contributed by atoms with E-state index in [1.165, 1.54) is 7.11 Å². The molecule has 0 radical (unpaired) electrons. The number of hydrogen-bond acceptors (Lipinski definition) is 8. The van der Waals surface area contributed by atoms with E-state index in [2.05, 4.69) is 0 Å². The van der Waals surface area contributed by atoms with Gasteiger partial charge in [0.1, 0.15) is 0 Å². The van der Waals surface area contributed by atoms with Gasteiger partial charge in [-0.05, 0) is 51.1 Å². The van der Waals surface area contributed by atoms with Gasteiger partial charge in [0.15, 0.2) is 23.0 Å². The second-order valence-corrected chi connectivity index (χ2v) is 10.8. The van der Waals surface area contributed by atoms with Crippen molar-refractivity contribution in [2.75, 3.05) is 34.5 Å². The molecule has 0 spiro atoms. The number of ether oxygens (including phenoxy) is 4. The third kappa shape index (κ3) is 4.44. The van der Waals surface area contributed by atoms with Gasteiger partial charge < -0.3 is 28.4 Å². The summed E-state index contributed by atoms with van der Waals surface area (Å²) in [6, 6.07) is 7.16. The second kappa shape index (κ2) is 10.0. The predicted octanol–water partition coefficient (Wildman–Crippen LogP) is 4.73. The van der Waals surface area contributed by atoms with Crippen molar-refractivity contribution < 1.29 is 23.7 Å². The summed E-state index contributed by atoms with van der Waals surface area (Å²) in [5.74, 6) is 1.73. The number of hydrogen-bond donors (Lipinski definition) is 0. The fourth-order valence-electron chi connectivity index (χ4n) is 5.87. The van der Waals surface area contributed by atoms with Crippen molar-refractivity contribution in [1.29, 1.82) is 0 Å². The smallest absolute Gasteiger partial charge is 0.314 e. The summed E-state index contributed by atoms with van der Waals surface area (Å²) in [7, 11) is 5.48. The Balaban J connectivity index is 1.55. The van der Waals surface area contributed by atoms with E-state index in [1.807, 2.05) is 38.1 Å². The fourth-order valence-corrected chi connectivity index (χ4v) is 5.87. The highest BCUT2D eigenvalue weighted by atomic mass is 16.7. The maximum Gasteiger partial charge on any atom is 0.314 e. The summed E-state index contributed by atoms with van der Waals surface area (Å²) in [5.41, 5.74) is 1.30. The first-order valence-electron chi connectivity index (χ1n) is 13.5. The van der Waals surface area contributed by atoms with E-state index in [0.717, 1.165) is 42.0 Å². The van der Waals surface area contributed by atoms with Crippen LogP contribution in [-0.2, 0) is 11.3 Å². The number of nitrogens with zero attached hydrogens (tertiary/aromatic N) is 3. The molecule has 1 fully saturated rings. The van der Waals surface area contributed by atoms with Crippen molar-refractivity contribution >= 4 is 38.5 Å². The van der Waals surface area contributed by atoms with Crippen molar-refractivity contribution in [3.05, 3.63) is 40.8 Å². The lowest BCUT2D eigenvalue weighted by Crippen LogP contribution is -2.27. The lowest BCUT2D eigenvalue weighted by molar-refractivity contribution is -0.140. The van der Waals surface area contributed by atoms with Crippen LogP contribution in [0, 0.1) is 11.8 Å². The molecular formula is C30H33N3O6. The van der Waals surface area contributed by atoms with Crippen LogP contribution in [0.2, 0.25) is 0 Å². The maximum atomic E-state index is 14.1. The number of fused-ring (bicyclic) bond motifs is 6. The Morgan fingerprint density at radius 2 is 1.77 bits per heavy atom.